The second-order valence-corrected chi connectivity index (χ2v) is 2.74. The summed E-state index contributed by atoms with van der Waals surface area (Å²) in [6.07, 6.45) is -0.278. The van der Waals surface area contributed by atoms with Crippen molar-refractivity contribution in [2.45, 2.75) is 6.42 Å². The minimum absolute atomic E-state index is 0.206. The zero-order chi connectivity index (χ0) is 8.43. The molecule has 0 radical (unpaired) electrons. The van der Waals surface area contributed by atoms with Crippen LogP contribution in [0.2, 0.25) is 0 Å². The highest BCUT2D eigenvalue weighted by molar-refractivity contribution is 9.10. The number of carboxylic acid groups (broad SMARTS) is 1. The van der Waals surface area contributed by atoms with Crippen molar-refractivity contribution in [3.8, 4) is 0 Å². The molecule has 5 nitrogen and oxygen atoms in total. The van der Waals surface area contributed by atoms with E-state index in [2.05, 4.69) is 26.1 Å². The lowest BCUT2D eigenvalue weighted by molar-refractivity contribution is -0.136. The minimum Gasteiger partial charge on any atom is -0.481 e. The van der Waals surface area contributed by atoms with Gasteiger partial charge >= 0.3 is 5.97 Å². The highest BCUT2D eigenvalue weighted by atomic mass is 79.9. The summed E-state index contributed by atoms with van der Waals surface area (Å²) in [5.74, 6) is -1.03. The maximum absolute atomic E-state index is 10.8. The Kier molecular flexibility index (Phi) is 2.13. The van der Waals surface area contributed by atoms with Crippen LogP contribution < -0.4 is 5.56 Å². The van der Waals surface area contributed by atoms with Gasteiger partial charge in [0.25, 0.3) is 5.56 Å². The number of carbonyl (C=O) groups is 1. The number of H-pyrrole nitrogens is 2. The Morgan fingerprint density at radius 1 is 1.55 bits per heavy atom. The molecule has 0 atom stereocenters. The Morgan fingerprint density at radius 2 is 2.18 bits per heavy atom. The summed E-state index contributed by atoms with van der Waals surface area (Å²) >= 11 is 3.00. The summed E-state index contributed by atoms with van der Waals surface area (Å²) in [4.78, 5) is 21.0. The first-order valence-electron chi connectivity index (χ1n) is 2.78. The zero-order valence-electron chi connectivity index (χ0n) is 5.35. The lowest BCUT2D eigenvalue weighted by atomic mass is 10.2. The molecule has 0 aliphatic carbocycles. The maximum atomic E-state index is 10.8. The summed E-state index contributed by atoms with van der Waals surface area (Å²) in [7, 11) is 0. The van der Waals surface area contributed by atoms with Gasteiger partial charge in [0.2, 0.25) is 0 Å². The first-order chi connectivity index (χ1) is 5.11. The topological polar surface area (TPSA) is 85.9 Å². The monoisotopic (exact) mass is 220 g/mol. The highest BCUT2D eigenvalue weighted by Crippen LogP contribution is 2.07. The predicted molar refractivity (Wildman–Crippen MR) is 40.5 cm³/mol. The SMILES string of the molecule is O=C(O)Cc1c(Br)[nH][nH]c1=O. The molecule has 1 heterocycles. The Labute approximate surface area is 69.5 Å². The fourth-order valence-electron chi connectivity index (χ4n) is 0.671. The highest BCUT2D eigenvalue weighted by Gasteiger charge is 2.10. The quantitative estimate of drug-likeness (QED) is 0.661. The van der Waals surface area contributed by atoms with Crippen molar-refractivity contribution >= 4 is 21.9 Å². The molecule has 3 N–H and O–H groups in total. The Morgan fingerprint density at radius 3 is 2.55 bits per heavy atom. The molecule has 0 saturated heterocycles. The van der Waals surface area contributed by atoms with Crippen molar-refractivity contribution < 1.29 is 9.90 Å². The molecule has 0 aliphatic heterocycles. The van der Waals surface area contributed by atoms with Crippen LogP contribution in [0.15, 0.2) is 9.40 Å². The number of aliphatic carboxylic acids is 1. The van der Waals surface area contributed by atoms with Crippen LogP contribution in [-0.2, 0) is 11.2 Å². The molecule has 60 valence electrons. The molecule has 0 fully saturated rings. The standard InChI is InChI=1S/C5H5BrN2O3/c6-4-2(1-3(9)10)5(11)8-7-4/h1H2,(H,9,10)(H2,7,8,11). The lowest BCUT2D eigenvalue weighted by Crippen LogP contribution is -2.10. The van der Waals surface area contributed by atoms with Crippen molar-refractivity contribution in [2.24, 2.45) is 0 Å². The van der Waals surface area contributed by atoms with Crippen molar-refractivity contribution in [1.82, 2.24) is 10.2 Å². The Balaban J connectivity index is 3.01. The normalized spacial score (nSPS) is 9.91. The smallest absolute Gasteiger partial charge is 0.308 e. The van der Waals surface area contributed by atoms with E-state index in [0.29, 0.717) is 4.60 Å². The van der Waals surface area contributed by atoms with E-state index in [-0.39, 0.29) is 12.0 Å². The molecule has 11 heavy (non-hydrogen) atoms. The summed E-state index contributed by atoms with van der Waals surface area (Å²) < 4.78 is 0.393. The van der Waals surface area contributed by atoms with Crippen molar-refractivity contribution in [3.63, 3.8) is 0 Å². The second kappa shape index (κ2) is 2.91. The van der Waals surface area contributed by atoms with Crippen LogP contribution in [0.1, 0.15) is 5.56 Å². The molecule has 0 aliphatic rings. The van der Waals surface area contributed by atoms with Gasteiger partial charge in [0.05, 0.1) is 12.0 Å². The van der Waals surface area contributed by atoms with Crippen molar-refractivity contribution in [3.05, 3.63) is 20.5 Å². The van der Waals surface area contributed by atoms with Crippen molar-refractivity contribution in [1.29, 1.82) is 0 Å². The lowest BCUT2D eigenvalue weighted by Gasteiger charge is -1.87. The third-order valence-electron chi connectivity index (χ3n) is 1.15. The van der Waals surface area contributed by atoms with E-state index in [1.54, 1.807) is 0 Å². The first-order valence-corrected chi connectivity index (χ1v) is 3.57. The number of hydrogen-bond donors (Lipinski definition) is 3. The molecule has 0 spiro atoms. The van der Waals surface area contributed by atoms with Crippen LogP contribution in [0.5, 0.6) is 0 Å². The molecule has 1 aromatic heterocycles. The Hall–Kier alpha value is -1.04. The van der Waals surface area contributed by atoms with E-state index in [1.165, 1.54) is 0 Å². The average molecular weight is 221 g/mol. The molecule has 0 saturated carbocycles. The van der Waals surface area contributed by atoms with Gasteiger partial charge in [-0.05, 0) is 15.9 Å². The molecule has 0 aromatic carbocycles. The largest absolute Gasteiger partial charge is 0.481 e. The number of nitrogens with one attached hydrogen (secondary N) is 2. The number of hydrogen-bond acceptors (Lipinski definition) is 2. The van der Waals surface area contributed by atoms with E-state index in [1.807, 2.05) is 0 Å². The van der Waals surface area contributed by atoms with Crippen molar-refractivity contribution in [2.75, 3.05) is 0 Å². The first kappa shape index (κ1) is 8.06. The van der Waals surface area contributed by atoms with Gasteiger partial charge in [-0.15, -0.1) is 0 Å². The number of aromatic nitrogens is 2. The molecule has 1 aromatic rings. The van der Waals surface area contributed by atoms with E-state index in [4.69, 9.17) is 5.11 Å². The molecule has 0 bridgehead atoms. The number of halogens is 1. The number of rotatable bonds is 2. The van der Waals surface area contributed by atoms with Gasteiger partial charge in [-0.1, -0.05) is 0 Å². The molecular formula is C5H5BrN2O3. The molecule has 1 rings (SSSR count). The van der Waals surface area contributed by atoms with Crippen LogP contribution in [0.4, 0.5) is 0 Å². The summed E-state index contributed by atoms with van der Waals surface area (Å²) in [5.41, 5.74) is -0.197. The summed E-state index contributed by atoms with van der Waals surface area (Å²) in [6.45, 7) is 0. The van der Waals surface area contributed by atoms with E-state index in [9.17, 15) is 9.59 Å². The molecule has 6 heteroatoms. The van der Waals surface area contributed by atoms with Gasteiger partial charge in [-0.25, -0.2) is 0 Å². The fourth-order valence-corrected chi connectivity index (χ4v) is 1.09. The van der Waals surface area contributed by atoms with Crippen LogP contribution in [0, 0.1) is 0 Å². The Bertz CT molecular complexity index is 327. The van der Waals surface area contributed by atoms with Gasteiger partial charge in [-0.2, -0.15) is 0 Å². The number of carboxylic acids is 1. The molecule has 0 unspecified atom stereocenters. The fraction of sp³-hybridized carbons (Fsp3) is 0.200. The van der Waals surface area contributed by atoms with E-state index in [0.717, 1.165) is 0 Å². The maximum Gasteiger partial charge on any atom is 0.308 e. The van der Waals surface area contributed by atoms with Gasteiger partial charge in [0, 0.05) is 0 Å². The van der Waals surface area contributed by atoms with Gasteiger partial charge < -0.3 is 5.11 Å². The third-order valence-corrected chi connectivity index (χ3v) is 1.83. The van der Waals surface area contributed by atoms with Gasteiger partial charge in [0.1, 0.15) is 4.60 Å². The van der Waals surface area contributed by atoms with Crippen LogP contribution in [0.3, 0.4) is 0 Å². The average Bonchev–Trinajstić information content (AvgIpc) is 2.18. The summed E-state index contributed by atoms with van der Waals surface area (Å²) in [6, 6.07) is 0. The van der Waals surface area contributed by atoms with Gasteiger partial charge in [-0.3, -0.25) is 19.8 Å². The van der Waals surface area contributed by atoms with Crippen LogP contribution >= 0.6 is 15.9 Å². The van der Waals surface area contributed by atoms with Crippen LogP contribution in [-0.4, -0.2) is 21.3 Å². The van der Waals surface area contributed by atoms with Gasteiger partial charge in [0.15, 0.2) is 0 Å². The predicted octanol–water partition coefficient (Wildman–Crippen LogP) is 0.0926. The van der Waals surface area contributed by atoms with E-state index < -0.39 is 11.5 Å². The van der Waals surface area contributed by atoms with Crippen LogP contribution in [0.25, 0.3) is 0 Å². The van der Waals surface area contributed by atoms with E-state index >= 15 is 0 Å². The third kappa shape index (κ3) is 1.70. The minimum atomic E-state index is -1.03. The zero-order valence-corrected chi connectivity index (χ0v) is 6.93. The summed E-state index contributed by atoms with van der Waals surface area (Å²) in [5, 5.41) is 13.1. The molecule has 0 amide bonds. The number of aromatic amines is 2. The second-order valence-electron chi connectivity index (χ2n) is 1.94. The molecular weight excluding hydrogens is 216 g/mol.